The van der Waals surface area contributed by atoms with E-state index in [1.165, 1.54) is 5.56 Å². The summed E-state index contributed by atoms with van der Waals surface area (Å²) in [7, 11) is 1.89. The van der Waals surface area contributed by atoms with Gasteiger partial charge in [-0.25, -0.2) is 19.9 Å². The van der Waals surface area contributed by atoms with Crippen LogP contribution in [-0.4, -0.2) is 27.0 Å². The lowest BCUT2D eigenvalue weighted by molar-refractivity contribution is 1.01. The van der Waals surface area contributed by atoms with Crippen LogP contribution in [0.25, 0.3) is 11.5 Å². The maximum atomic E-state index is 4.61. The molecule has 18 heavy (non-hydrogen) atoms. The fourth-order valence-electron chi connectivity index (χ4n) is 1.95. The summed E-state index contributed by atoms with van der Waals surface area (Å²) >= 11 is 1.86. The molecule has 92 valence electrons. The van der Waals surface area contributed by atoms with Crippen molar-refractivity contribution in [3.8, 4) is 11.5 Å². The monoisotopic (exact) mass is 259 g/mol. The van der Waals surface area contributed by atoms with Crippen molar-refractivity contribution in [1.82, 2.24) is 19.9 Å². The summed E-state index contributed by atoms with van der Waals surface area (Å²) < 4.78 is 0. The van der Waals surface area contributed by atoms with Crippen LogP contribution < -0.4 is 5.32 Å². The molecule has 0 fully saturated rings. The average Bonchev–Trinajstić information content (AvgIpc) is 2.85. The van der Waals surface area contributed by atoms with Crippen molar-refractivity contribution < 1.29 is 0 Å². The molecule has 0 atom stereocenters. The largest absolute Gasteiger partial charge is 0.373 e. The van der Waals surface area contributed by atoms with Gasteiger partial charge >= 0.3 is 0 Å². The lowest BCUT2D eigenvalue weighted by Gasteiger charge is -2.08. The second-order valence-electron chi connectivity index (χ2n) is 4.05. The Morgan fingerprint density at radius 1 is 1.22 bits per heavy atom. The Bertz CT molecular complexity index is 599. The molecule has 3 rings (SSSR count). The number of hydrogen-bond acceptors (Lipinski definition) is 6. The van der Waals surface area contributed by atoms with Gasteiger partial charge in [-0.05, 0) is 13.0 Å². The molecule has 0 saturated heterocycles. The minimum Gasteiger partial charge on any atom is -0.373 e. The van der Waals surface area contributed by atoms with Crippen molar-refractivity contribution in [1.29, 1.82) is 0 Å². The van der Waals surface area contributed by atoms with E-state index in [-0.39, 0.29) is 0 Å². The van der Waals surface area contributed by atoms with Gasteiger partial charge in [0.05, 0.1) is 5.69 Å². The van der Waals surface area contributed by atoms with E-state index in [2.05, 4.69) is 25.3 Å². The smallest absolute Gasteiger partial charge is 0.180 e. The molecule has 2 aromatic heterocycles. The van der Waals surface area contributed by atoms with Gasteiger partial charge in [0.1, 0.15) is 17.3 Å². The van der Waals surface area contributed by atoms with E-state index < -0.39 is 0 Å². The van der Waals surface area contributed by atoms with E-state index in [0.29, 0.717) is 5.82 Å². The number of aryl methyl sites for hydroxylation is 1. The van der Waals surface area contributed by atoms with Gasteiger partial charge in [0.15, 0.2) is 5.82 Å². The number of thioether (sulfide) groups is 1. The molecule has 0 unspecified atom stereocenters. The van der Waals surface area contributed by atoms with E-state index in [0.717, 1.165) is 34.5 Å². The lowest BCUT2D eigenvalue weighted by atomic mass is 10.2. The zero-order valence-corrected chi connectivity index (χ0v) is 11.1. The Morgan fingerprint density at radius 3 is 2.89 bits per heavy atom. The highest BCUT2D eigenvalue weighted by atomic mass is 32.2. The first-order valence-electron chi connectivity index (χ1n) is 5.73. The Kier molecular flexibility index (Phi) is 2.87. The summed E-state index contributed by atoms with van der Waals surface area (Å²) in [5, 5.41) is 3.14. The molecule has 0 saturated carbocycles. The average molecular weight is 259 g/mol. The van der Waals surface area contributed by atoms with Crippen LogP contribution in [0.1, 0.15) is 17.1 Å². The topological polar surface area (TPSA) is 63.6 Å². The number of nitrogens with zero attached hydrogens (tertiary/aromatic N) is 4. The summed E-state index contributed by atoms with van der Waals surface area (Å²) in [5.74, 6) is 4.25. The normalized spacial score (nSPS) is 13.4. The fraction of sp³-hybridized carbons (Fsp3) is 0.333. The lowest BCUT2D eigenvalue weighted by Crippen LogP contribution is -2.04. The second kappa shape index (κ2) is 4.53. The number of aromatic nitrogens is 4. The van der Waals surface area contributed by atoms with Crippen molar-refractivity contribution in [2.24, 2.45) is 0 Å². The van der Waals surface area contributed by atoms with Crippen LogP contribution in [0.3, 0.4) is 0 Å². The van der Waals surface area contributed by atoms with Crippen molar-refractivity contribution >= 4 is 17.6 Å². The molecular weight excluding hydrogens is 246 g/mol. The SMILES string of the molecule is CNc1nc(-c2ccnc(C)n2)nc2c1CSC2. The van der Waals surface area contributed by atoms with Gasteiger partial charge in [-0.1, -0.05) is 0 Å². The molecule has 0 radical (unpaired) electrons. The van der Waals surface area contributed by atoms with Gasteiger partial charge in [-0.3, -0.25) is 0 Å². The molecule has 0 amide bonds. The first kappa shape index (κ1) is 11.4. The molecule has 1 N–H and O–H groups in total. The van der Waals surface area contributed by atoms with Gasteiger partial charge in [0, 0.05) is 30.3 Å². The highest BCUT2D eigenvalue weighted by Gasteiger charge is 2.20. The van der Waals surface area contributed by atoms with Crippen molar-refractivity contribution in [3.63, 3.8) is 0 Å². The highest BCUT2D eigenvalue weighted by Crippen LogP contribution is 2.33. The van der Waals surface area contributed by atoms with E-state index in [1.54, 1.807) is 6.20 Å². The number of nitrogens with one attached hydrogen (secondary N) is 1. The van der Waals surface area contributed by atoms with Crippen LogP contribution in [0.15, 0.2) is 12.3 Å². The number of anilines is 1. The predicted molar refractivity (Wildman–Crippen MR) is 72.3 cm³/mol. The molecular formula is C12H13N5S. The first-order valence-corrected chi connectivity index (χ1v) is 6.88. The molecule has 0 bridgehead atoms. The van der Waals surface area contributed by atoms with Crippen LogP contribution in [0.4, 0.5) is 5.82 Å². The van der Waals surface area contributed by atoms with E-state index in [1.807, 2.05) is 31.8 Å². The molecule has 0 aromatic carbocycles. The summed E-state index contributed by atoms with van der Waals surface area (Å²) in [6, 6.07) is 1.84. The maximum absolute atomic E-state index is 4.61. The second-order valence-corrected chi connectivity index (χ2v) is 5.04. The van der Waals surface area contributed by atoms with Crippen LogP contribution >= 0.6 is 11.8 Å². The van der Waals surface area contributed by atoms with Gasteiger partial charge in [-0.15, -0.1) is 0 Å². The Morgan fingerprint density at radius 2 is 2.11 bits per heavy atom. The van der Waals surface area contributed by atoms with Crippen molar-refractivity contribution in [2.75, 3.05) is 12.4 Å². The molecule has 1 aliphatic heterocycles. The van der Waals surface area contributed by atoms with Crippen LogP contribution in [0.2, 0.25) is 0 Å². The van der Waals surface area contributed by atoms with Gasteiger partial charge in [0.2, 0.25) is 0 Å². The van der Waals surface area contributed by atoms with Crippen molar-refractivity contribution in [3.05, 3.63) is 29.3 Å². The Hall–Kier alpha value is -1.69. The van der Waals surface area contributed by atoms with Crippen LogP contribution in [0, 0.1) is 6.92 Å². The number of rotatable bonds is 2. The van der Waals surface area contributed by atoms with Crippen LogP contribution in [-0.2, 0) is 11.5 Å². The Balaban J connectivity index is 2.13. The quantitative estimate of drug-likeness (QED) is 0.890. The molecule has 1 aliphatic rings. The zero-order valence-electron chi connectivity index (χ0n) is 10.3. The minimum atomic E-state index is 0.672. The number of fused-ring (bicyclic) bond motifs is 1. The molecule has 6 heteroatoms. The summed E-state index contributed by atoms with van der Waals surface area (Å²) in [5.41, 5.74) is 3.11. The summed E-state index contributed by atoms with van der Waals surface area (Å²) in [4.78, 5) is 17.6. The standard InChI is InChI=1S/C12H13N5S/c1-7-14-4-3-9(15-7)12-16-10-6-18-5-8(10)11(13-2)17-12/h3-4H,5-6H2,1-2H3,(H,13,16,17). The molecule has 2 aromatic rings. The van der Waals surface area contributed by atoms with Crippen LogP contribution in [0.5, 0.6) is 0 Å². The van der Waals surface area contributed by atoms with E-state index >= 15 is 0 Å². The summed E-state index contributed by atoms with van der Waals surface area (Å²) in [6.07, 6.45) is 1.74. The predicted octanol–water partition coefficient (Wildman–Crippen LogP) is 2.03. The van der Waals surface area contributed by atoms with Crippen molar-refractivity contribution in [2.45, 2.75) is 18.4 Å². The van der Waals surface area contributed by atoms with E-state index in [4.69, 9.17) is 0 Å². The number of hydrogen-bond donors (Lipinski definition) is 1. The zero-order chi connectivity index (χ0) is 12.5. The van der Waals surface area contributed by atoms with Gasteiger partial charge < -0.3 is 5.32 Å². The van der Waals surface area contributed by atoms with Gasteiger partial charge in [0.25, 0.3) is 0 Å². The molecule has 0 aliphatic carbocycles. The fourth-order valence-corrected chi connectivity index (χ4v) is 2.99. The third-order valence-corrected chi connectivity index (χ3v) is 3.79. The Labute approximate surface area is 109 Å². The minimum absolute atomic E-state index is 0.672. The third-order valence-electron chi connectivity index (χ3n) is 2.82. The maximum Gasteiger partial charge on any atom is 0.180 e. The van der Waals surface area contributed by atoms with E-state index in [9.17, 15) is 0 Å². The van der Waals surface area contributed by atoms with Gasteiger partial charge in [-0.2, -0.15) is 11.8 Å². The molecule has 5 nitrogen and oxygen atoms in total. The first-order chi connectivity index (χ1) is 8.78. The third kappa shape index (κ3) is 1.92. The summed E-state index contributed by atoms with van der Waals surface area (Å²) in [6.45, 7) is 1.87. The highest BCUT2D eigenvalue weighted by molar-refractivity contribution is 7.98. The molecule has 0 spiro atoms. The molecule has 3 heterocycles.